The van der Waals surface area contributed by atoms with Gasteiger partial charge in [0.25, 0.3) is 0 Å². The van der Waals surface area contributed by atoms with Gasteiger partial charge in [0.05, 0.1) is 0 Å². The van der Waals surface area contributed by atoms with E-state index in [1.807, 2.05) is 24.5 Å². The highest BCUT2D eigenvalue weighted by Crippen LogP contribution is 2.40. The SMILES string of the molecule is Oc1ccc(CN2CC3CC(Nc4cccc5cnccc45)C2C3)cc1. The Labute approximate surface area is 153 Å². The minimum atomic E-state index is 0.335. The van der Waals surface area contributed by atoms with E-state index in [0.29, 0.717) is 17.8 Å². The number of pyridine rings is 1. The Morgan fingerprint density at radius 2 is 1.96 bits per heavy atom. The van der Waals surface area contributed by atoms with Crippen LogP contribution in [0.25, 0.3) is 10.8 Å². The molecule has 4 nitrogen and oxygen atoms in total. The lowest BCUT2D eigenvalue weighted by Crippen LogP contribution is -2.44. The van der Waals surface area contributed by atoms with E-state index in [0.717, 1.165) is 12.5 Å². The fourth-order valence-electron chi connectivity index (χ4n) is 4.76. The molecule has 0 amide bonds. The minimum absolute atomic E-state index is 0.335. The molecule has 132 valence electrons. The lowest BCUT2D eigenvalue weighted by Gasteiger charge is -2.34. The highest BCUT2D eigenvalue weighted by atomic mass is 16.3. The Balaban J connectivity index is 1.35. The molecule has 0 spiro atoms. The Morgan fingerprint density at radius 1 is 1.08 bits per heavy atom. The van der Waals surface area contributed by atoms with Crippen LogP contribution in [0.3, 0.4) is 0 Å². The molecule has 1 aromatic heterocycles. The van der Waals surface area contributed by atoms with Crippen molar-refractivity contribution in [3.63, 3.8) is 0 Å². The summed E-state index contributed by atoms with van der Waals surface area (Å²) in [6, 6.07) is 17.2. The molecular formula is C22H23N3O. The number of hydrogen-bond donors (Lipinski definition) is 2. The molecule has 1 aliphatic heterocycles. The number of phenols is 1. The molecule has 0 radical (unpaired) electrons. The number of fused-ring (bicyclic) bond motifs is 3. The number of likely N-dealkylation sites (tertiary alicyclic amines) is 1. The zero-order valence-electron chi connectivity index (χ0n) is 14.7. The number of piperidine rings is 1. The van der Waals surface area contributed by atoms with Gasteiger partial charge in [-0.3, -0.25) is 9.88 Å². The molecule has 1 saturated heterocycles. The molecule has 3 atom stereocenters. The van der Waals surface area contributed by atoms with Crippen molar-refractivity contribution in [2.45, 2.75) is 31.5 Å². The van der Waals surface area contributed by atoms with E-state index in [2.05, 4.69) is 39.5 Å². The van der Waals surface area contributed by atoms with Crippen LogP contribution in [0.1, 0.15) is 18.4 Å². The summed E-state index contributed by atoms with van der Waals surface area (Å²) in [5.74, 6) is 1.12. The predicted octanol–water partition coefficient (Wildman–Crippen LogP) is 4.02. The van der Waals surface area contributed by atoms with Crippen molar-refractivity contribution in [3.05, 3.63) is 66.5 Å². The maximum atomic E-state index is 9.49. The highest BCUT2D eigenvalue weighted by molar-refractivity contribution is 5.93. The van der Waals surface area contributed by atoms with Crippen molar-refractivity contribution in [1.29, 1.82) is 0 Å². The first-order valence-corrected chi connectivity index (χ1v) is 9.37. The van der Waals surface area contributed by atoms with Crippen molar-refractivity contribution in [2.24, 2.45) is 5.92 Å². The first kappa shape index (κ1) is 15.6. The van der Waals surface area contributed by atoms with Crippen LogP contribution in [0.4, 0.5) is 5.69 Å². The molecule has 1 aliphatic carbocycles. The maximum absolute atomic E-state index is 9.49. The molecule has 2 bridgehead atoms. The number of hydrogen-bond acceptors (Lipinski definition) is 4. The Hall–Kier alpha value is -2.59. The van der Waals surface area contributed by atoms with E-state index in [-0.39, 0.29) is 0 Å². The first-order chi connectivity index (χ1) is 12.8. The van der Waals surface area contributed by atoms with Gasteiger partial charge in [0.1, 0.15) is 5.75 Å². The van der Waals surface area contributed by atoms with Gasteiger partial charge in [-0.15, -0.1) is 0 Å². The molecule has 26 heavy (non-hydrogen) atoms. The van der Waals surface area contributed by atoms with E-state index in [1.54, 1.807) is 12.1 Å². The first-order valence-electron chi connectivity index (χ1n) is 9.37. The molecule has 5 rings (SSSR count). The summed E-state index contributed by atoms with van der Waals surface area (Å²) < 4.78 is 0. The average molecular weight is 345 g/mol. The molecule has 2 aliphatic rings. The summed E-state index contributed by atoms with van der Waals surface area (Å²) in [6.45, 7) is 2.14. The maximum Gasteiger partial charge on any atom is 0.115 e. The van der Waals surface area contributed by atoms with Crippen molar-refractivity contribution in [3.8, 4) is 5.75 Å². The van der Waals surface area contributed by atoms with Crippen LogP contribution in [0, 0.1) is 5.92 Å². The minimum Gasteiger partial charge on any atom is -0.508 e. The molecule has 4 heteroatoms. The average Bonchev–Trinajstić information content (AvgIpc) is 3.24. The van der Waals surface area contributed by atoms with Crippen LogP contribution in [-0.2, 0) is 6.54 Å². The monoisotopic (exact) mass is 345 g/mol. The molecule has 2 heterocycles. The van der Waals surface area contributed by atoms with Crippen LogP contribution in [0.5, 0.6) is 5.75 Å². The number of phenolic OH excluding ortho intramolecular Hbond substituents is 1. The standard InChI is InChI=1S/C22H23N3O/c26-18-6-4-15(5-7-18)13-25-14-16-10-21(22(25)11-16)24-20-3-1-2-17-12-23-9-8-19(17)20/h1-9,12,16,21-22,24,26H,10-11,13-14H2. The Kier molecular flexibility index (Phi) is 3.79. The summed E-state index contributed by atoms with van der Waals surface area (Å²) in [7, 11) is 0. The summed E-state index contributed by atoms with van der Waals surface area (Å²) in [6.07, 6.45) is 6.32. The summed E-state index contributed by atoms with van der Waals surface area (Å²) in [5.41, 5.74) is 2.48. The summed E-state index contributed by atoms with van der Waals surface area (Å²) in [4.78, 5) is 6.84. The van der Waals surface area contributed by atoms with Gasteiger partial charge in [0.2, 0.25) is 0 Å². The van der Waals surface area contributed by atoms with Gasteiger partial charge >= 0.3 is 0 Å². The fraction of sp³-hybridized carbons (Fsp3) is 0.318. The topological polar surface area (TPSA) is 48.4 Å². The molecule has 3 aromatic rings. The van der Waals surface area contributed by atoms with Gasteiger partial charge in [-0.05, 0) is 48.6 Å². The third-order valence-corrected chi connectivity index (χ3v) is 5.93. The molecule has 1 saturated carbocycles. The number of rotatable bonds is 4. The molecule has 2 fully saturated rings. The van der Waals surface area contributed by atoms with E-state index in [1.165, 1.54) is 41.4 Å². The van der Waals surface area contributed by atoms with Crippen molar-refractivity contribution in [1.82, 2.24) is 9.88 Å². The molecule has 2 aromatic carbocycles. The second kappa shape index (κ2) is 6.29. The normalized spacial score (nSPS) is 25.0. The van der Waals surface area contributed by atoms with E-state index in [9.17, 15) is 5.11 Å². The van der Waals surface area contributed by atoms with Crippen LogP contribution in [0.15, 0.2) is 60.9 Å². The fourth-order valence-corrected chi connectivity index (χ4v) is 4.76. The quantitative estimate of drug-likeness (QED) is 0.750. The highest BCUT2D eigenvalue weighted by Gasteiger charge is 2.44. The summed E-state index contributed by atoms with van der Waals surface area (Å²) >= 11 is 0. The number of benzene rings is 2. The number of nitrogens with one attached hydrogen (secondary N) is 1. The van der Waals surface area contributed by atoms with Gasteiger partial charge in [-0.1, -0.05) is 24.3 Å². The lowest BCUT2D eigenvalue weighted by atomic mass is 10.0. The second-order valence-corrected chi connectivity index (χ2v) is 7.65. The smallest absolute Gasteiger partial charge is 0.115 e. The number of aromatic nitrogens is 1. The third kappa shape index (κ3) is 2.80. The van der Waals surface area contributed by atoms with Crippen LogP contribution in [0.2, 0.25) is 0 Å². The molecule has 2 N–H and O–H groups in total. The zero-order valence-corrected chi connectivity index (χ0v) is 14.7. The summed E-state index contributed by atoms with van der Waals surface area (Å²) in [5, 5.41) is 15.7. The predicted molar refractivity (Wildman–Crippen MR) is 104 cm³/mol. The second-order valence-electron chi connectivity index (χ2n) is 7.65. The van der Waals surface area contributed by atoms with Crippen molar-refractivity contribution < 1.29 is 5.11 Å². The van der Waals surface area contributed by atoms with Gasteiger partial charge < -0.3 is 10.4 Å². The van der Waals surface area contributed by atoms with Crippen molar-refractivity contribution in [2.75, 3.05) is 11.9 Å². The lowest BCUT2D eigenvalue weighted by molar-refractivity contribution is 0.192. The Bertz CT molecular complexity index is 919. The van der Waals surface area contributed by atoms with Crippen LogP contribution >= 0.6 is 0 Å². The van der Waals surface area contributed by atoms with Gasteiger partial charge in [-0.25, -0.2) is 0 Å². The molecular weight excluding hydrogens is 322 g/mol. The van der Waals surface area contributed by atoms with Crippen LogP contribution in [-0.4, -0.2) is 33.6 Å². The largest absolute Gasteiger partial charge is 0.508 e. The van der Waals surface area contributed by atoms with Gasteiger partial charge in [0.15, 0.2) is 0 Å². The Morgan fingerprint density at radius 3 is 2.81 bits per heavy atom. The number of anilines is 1. The third-order valence-electron chi connectivity index (χ3n) is 5.93. The number of nitrogens with zero attached hydrogens (tertiary/aromatic N) is 2. The van der Waals surface area contributed by atoms with Crippen LogP contribution < -0.4 is 5.32 Å². The number of aromatic hydroxyl groups is 1. The van der Waals surface area contributed by atoms with E-state index in [4.69, 9.17) is 0 Å². The van der Waals surface area contributed by atoms with E-state index < -0.39 is 0 Å². The molecule has 3 unspecified atom stereocenters. The zero-order chi connectivity index (χ0) is 17.5. The van der Waals surface area contributed by atoms with Gasteiger partial charge in [0, 0.05) is 54.0 Å². The van der Waals surface area contributed by atoms with E-state index >= 15 is 0 Å². The van der Waals surface area contributed by atoms with Gasteiger partial charge in [-0.2, -0.15) is 0 Å². The van der Waals surface area contributed by atoms with Crippen molar-refractivity contribution >= 4 is 16.5 Å².